The van der Waals surface area contributed by atoms with Crippen molar-refractivity contribution in [3.8, 4) is 0 Å². The van der Waals surface area contributed by atoms with Gasteiger partial charge in [0.2, 0.25) is 5.91 Å². The van der Waals surface area contributed by atoms with Gasteiger partial charge in [0.05, 0.1) is 6.26 Å². The van der Waals surface area contributed by atoms with Crippen LogP contribution in [0.5, 0.6) is 0 Å². The van der Waals surface area contributed by atoms with Crippen LogP contribution in [-0.2, 0) is 4.79 Å². The standard InChI is InChI=1S/C22H20N2O4/c1-14-12-18(14)19-9-7-17(28-19)8-10-21(25)23-15-4-2-5-16(13-15)24-22(26)20-6-3-11-27-20/h2-11,13-14,18H,12H2,1H3,(H,23,25)(H,24,26)/b10-8+. The second kappa shape index (κ2) is 7.60. The Balaban J connectivity index is 1.35. The van der Waals surface area contributed by atoms with Crippen LogP contribution in [0.4, 0.5) is 11.4 Å². The van der Waals surface area contributed by atoms with Crippen molar-refractivity contribution in [3.05, 3.63) is 78.2 Å². The first kappa shape index (κ1) is 17.9. The van der Waals surface area contributed by atoms with E-state index in [9.17, 15) is 9.59 Å². The van der Waals surface area contributed by atoms with E-state index in [0.717, 1.165) is 12.2 Å². The fourth-order valence-corrected chi connectivity index (χ4v) is 2.99. The van der Waals surface area contributed by atoms with Gasteiger partial charge < -0.3 is 19.5 Å². The zero-order valence-electron chi connectivity index (χ0n) is 15.3. The lowest BCUT2D eigenvalue weighted by atomic mass is 10.2. The lowest BCUT2D eigenvalue weighted by molar-refractivity contribution is -0.111. The van der Waals surface area contributed by atoms with E-state index in [1.165, 1.54) is 12.3 Å². The average Bonchev–Trinajstić information content (AvgIpc) is 3.10. The fraction of sp³-hybridized carbons (Fsp3) is 0.182. The topological polar surface area (TPSA) is 84.5 Å². The largest absolute Gasteiger partial charge is 0.461 e. The summed E-state index contributed by atoms with van der Waals surface area (Å²) in [4.78, 5) is 24.2. The molecular weight excluding hydrogens is 356 g/mol. The SMILES string of the molecule is CC1CC1c1ccc(/C=C/C(=O)Nc2cccc(NC(=O)c3ccco3)c2)o1. The van der Waals surface area contributed by atoms with E-state index in [1.807, 2.05) is 12.1 Å². The minimum Gasteiger partial charge on any atom is -0.461 e. The summed E-state index contributed by atoms with van der Waals surface area (Å²) in [5, 5.41) is 5.49. The van der Waals surface area contributed by atoms with Crippen molar-refractivity contribution in [1.29, 1.82) is 0 Å². The van der Waals surface area contributed by atoms with E-state index in [2.05, 4.69) is 17.6 Å². The molecule has 4 rings (SSSR count). The first-order chi connectivity index (χ1) is 13.6. The fourth-order valence-electron chi connectivity index (χ4n) is 2.99. The summed E-state index contributed by atoms with van der Waals surface area (Å²) in [6.45, 7) is 2.20. The Hall–Kier alpha value is -3.54. The average molecular weight is 376 g/mol. The second-order valence-corrected chi connectivity index (χ2v) is 6.89. The molecule has 6 nitrogen and oxygen atoms in total. The van der Waals surface area contributed by atoms with Crippen LogP contribution in [0.2, 0.25) is 0 Å². The molecule has 1 aliphatic rings. The highest BCUT2D eigenvalue weighted by molar-refractivity contribution is 6.04. The lowest BCUT2D eigenvalue weighted by Crippen LogP contribution is -2.12. The van der Waals surface area contributed by atoms with Crippen LogP contribution in [0.3, 0.4) is 0 Å². The molecule has 2 amide bonds. The Morgan fingerprint density at radius 1 is 1.07 bits per heavy atom. The van der Waals surface area contributed by atoms with Crippen molar-refractivity contribution in [1.82, 2.24) is 0 Å². The van der Waals surface area contributed by atoms with E-state index < -0.39 is 0 Å². The van der Waals surface area contributed by atoms with Crippen LogP contribution in [0.15, 0.2) is 69.7 Å². The Morgan fingerprint density at radius 2 is 1.86 bits per heavy atom. The van der Waals surface area contributed by atoms with E-state index in [-0.39, 0.29) is 17.6 Å². The van der Waals surface area contributed by atoms with Gasteiger partial charge in [-0.25, -0.2) is 0 Å². The smallest absolute Gasteiger partial charge is 0.291 e. The highest BCUT2D eigenvalue weighted by Crippen LogP contribution is 2.47. The molecule has 1 aliphatic carbocycles. The van der Waals surface area contributed by atoms with Crippen molar-refractivity contribution in [2.45, 2.75) is 19.3 Å². The minimum atomic E-state index is -0.355. The quantitative estimate of drug-likeness (QED) is 0.599. The van der Waals surface area contributed by atoms with Gasteiger partial charge in [-0.2, -0.15) is 0 Å². The Bertz CT molecular complexity index is 1020. The molecule has 6 heteroatoms. The summed E-state index contributed by atoms with van der Waals surface area (Å²) in [6.07, 6.45) is 5.66. The van der Waals surface area contributed by atoms with Crippen molar-refractivity contribution < 1.29 is 18.4 Å². The molecule has 0 radical (unpaired) electrons. The second-order valence-electron chi connectivity index (χ2n) is 6.89. The molecular formula is C22H20N2O4. The number of carbonyl (C=O) groups excluding carboxylic acids is 2. The molecule has 0 aliphatic heterocycles. The Labute approximate surface area is 162 Å². The maximum Gasteiger partial charge on any atom is 0.291 e. The Morgan fingerprint density at radius 3 is 2.57 bits per heavy atom. The summed E-state index contributed by atoms with van der Waals surface area (Å²) in [7, 11) is 0. The highest BCUT2D eigenvalue weighted by atomic mass is 16.3. The van der Waals surface area contributed by atoms with E-state index in [0.29, 0.717) is 29.0 Å². The van der Waals surface area contributed by atoms with Gasteiger partial charge in [-0.15, -0.1) is 0 Å². The predicted molar refractivity (Wildman–Crippen MR) is 106 cm³/mol. The third-order valence-electron chi connectivity index (χ3n) is 4.65. The molecule has 0 saturated heterocycles. The van der Waals surface area contributed by atoms with Gasteiger partial charge in [0.1, 0.15) is 11.5 Å². The van der Waals surface area contributed by atoms with Gasteiger partial charge in [-0.1, -0.05) is 13.0 Å². The maximum atomic E-state index is 12.2. The van der Waals surface area contributed by atoms with Crippen LogP contribution < -0.4 is 10.6 Å². The maximum absolute atomic E-state index is 12.2. The summed E-state index contributed by atoms with van der Waals surface area (Å²) < 4.78 is 10.8. The van der Waals surface area contributed by atoms with E-state index in [4.69, 9.17) is 8.83 Å². The molecule has 1 aromatic carbocycles. The summed E-state index contributed by atoms with van der Waals surface area (Å²) in [5.41, 5.74) is 1.12. The first-order valence-corrected chi connectivity index (χ1v) is 9.12. The van der Waals surface area contributed by atoms with Gasteiger partial charge in [-0.05, 0) is 60.9 Å². The normalized spacial score (nSPS) is 18.2. The molecule has 2 unspecified atom stereocenters. The lowest BCUT2D eigenvalue weighted by Gasteiger charge is -2.06. The molecule has 2 aromatic heterocycles. The molecule has 0 spiro atoms. The highest BCUT2D eigenvalue weighted by Gasteiger charge is 2.36. The number of anilines is 2. The van der Waals surface area contributed by atoms with E-state index >= 15 is 0 Å². The van der Waals surface area contributed by atoms with Crippen molar-refractivity contribution in [2.24, 2.45) is 5.92 Å². The van der Waals surface area contributed by atoms with E-state index in [1.54, 1.807) is 42.5 Å². The van der Waals surface area contributed by atoms with Gasteiger partial charge in [0, 0.05) is 23.4 Å². The van der Waals surface area contributed by atoms with Gasteiger partial charge in [0.15, 0.2) is 5.76 Å². The number of nitrogens with one attached hydrogen (secondary N) is 2. The molecule has 2 heterocycles. The number of hydrogen-bond acceptors (Lipinski definition) is 4. The van der Waals surface area contributed by atoms with Crippen molar-refractivity contribution >= 4 is 29.3 Å². The molecule has 0 bridgehead atoms. The van der Waals surface area contributed by atoms with Crippen LogP contribution in [-0.4, -0.2) is 11.8 Å². The number of amides is 2. The van der Waals surface area contributed by atoms with Gasteiger partial charge >= 0.3 is 0 Å². The Kier molecular flexibility index (Phi) is 4.85. The van der Waals surface area contributed by atoms with Crippen LogP contribution in [0.25, 0.3) is 6.08 Å². The summed E-state index contributed by atoms with van der Waals surface area (Å²) in [5.74, 6) is 2.40. The third kappa shape index (κ3) is 4.23. The number of benzene rings is 1. The number of carbonyl (C=O) groups is 2. The molecule has 28 heavy (non-hydrogen) atoms. The molecule has 1 fully saturated rings. The van der Waals surface area contributed by atoms with Crippen molar-refractivity contribution in [2.75, 3.05) is 10.6 Å². The van der Waals surface area contributed by atoms with Crippen LogP contribution >= 0.6 is 0 Å². The van der Waals surface area contributed by atoms with Crippen molar-refractivity contribution in [3.63, 3.8) is 0 Å². The number of furan rings is 2. The molecule has 3 aromatic rings. The summed E-state index contributed by atoms with van der Waals surface area (Å²) >= 11 is 0. The molecule has 142 valence electrons. The van der Waals surface area contributed by atoms with Gasteiger partial charge in [0.25, 0.3) is 5.91 Å². The monoisotopic (exact) mass is 376 g/mol. The zero-order valence-corrected chi connectivity index (χ0v) is 15.3. The van der Waals surface area contributed by atoms with Crippen LogP contribution in [0, 0.1) is 5.92 Å². The zero-order chi connectivity index (χ0) is 19.5. The number of rotatable bonds is 6. The van der Waals surface area contributed by atoms with Gasteiger partial charge in [-0.3, -0.25) is 9.59 Å². The van der Waals surface area contributed by atoms with Crippen LogP contribution in [0.1, 0.15) is 41.3 Å². The minimum absolute atomic E-state index is 0.218. The summed E-state index contributed by atoms with van der Waals surface area (Å²) in [6, 6.07) is 14.0. The molecule has 2 N–H and O–H groups in total. The molecule has 1 saturated carbocycles. The number of hydrogen-bond donors (Lipinski definition) is 2. The molecule has 2 atom stereocenters. The first-order valence-electron chi connectivity index (χ1n) is 9.12. The third-order valence-corrected chi connectivity index (χ3v) is 4.65. The predicted octanol–water partition coefficient (Wildman–Crippen LogP) is 4.90.